The van der Waals surface area contributed by atoms with E-state index in [4.69, 9.17) is 4.74 Å². The van der Waals surface area contributed by atoms with Gasteiger partial charge in [0.25, 0.3) is 0 Å². The van der Waals surface area contributed by atoms with Crippen molar-refractivity contribution in [1.82, 2.24) is 5.32 Å². The van der Waals surface area contributed by atoms with Crippen molar-refractivity contribution < 1.29 is 24.5 Å². The highest BCUT2D eigenvalue weighted by atomic mass is 16.5. The second kappa shape index (κ2) is 57.9. The van der Waals surface area contributed by atoms with E-state index in [0.717, 1.165) is 51.4 Å². The van der Waals surface area contributed by atoms with Gasteiger partial charge in [-0.15, -0.1) is 0 Å². The molecule has 0 saturated carbocycles. The first-order chi connectivity index (χ1) is 33.5. The Hall–Kier alpha value is -1.66. The molecule has 2 atom stereocenters. The lowest BCUT2D eigenvalue weighted by Crippen LogP contribution is -2.45. The fourth-order valence-electron chi connectivity index (χ4n) is 9.55. The minimum absolute atomic E-state index is 0.00580. The Morgan fingerprint density at radius 3 is 1.15 bits per heavy atom. The van der Waals surface area contributed by atoms with Crippen LogP contribution in [-0.2, 0) is 14.3 Å². The molecule has 402 valence electrons. The number of allylic oxidation sites excluding steroid dienone is 4. The van der Waals surface area contributed by atoms with Gasteiger partial charge < -0.3 is 20.3 Å². The second-order valence-electron chi connectivity index (χ2n) is 21.0. The maximum atomic E-state index is 12.5. The number of unbranched alkanes of at least 4 members (excludes halogenated alkanes) is 42. The van der Waals surface area contributed by atoms with Crippen molar-refractivity contribution in [3.63, 3.8) is 0 Å². The first-order valence-corrected chi connectivity index (χ1v) is 30.6. The number of carbonyl (C=O) groups excluding carboxylic acids is 2. The molecule has 0 spiro atoms. The third kappa shape index (κ3) is 53.7. The summed E-state index contributed by atoms with van der Waals surface area (Å²) in [5, 5.41) is 23.2. The molecule has 0 bridgehead atoms. The van der Waals surface area contributed by atoms with Gasteiger partial charge in [0, 0.05) is 12.8 Å². The molecule has 0 aromatic carbocycles. The predicted octanol–water partition coefficient (Wildman–Crippen LogP) is 19.0. The Kier molecular flexibility index (Phi) is 56.5. The lowest BCUT2D eigenvalue weighted by molar-refractivity contribution is -0.143. The molecule has 68 heavy (non-hydrogen) atoms. The van der Waals surface area contributed by atoms with Crippen molar-refractivity contribution in [2.45, 2.75) is 347 Å². The summed E-state index contributed by atoms with van der Waals surface area (Å²) in [7, 11) is 0. The third-order valence-electron chi connectivity index (χ3n) is 14.3. The van der Waals surface area contributed by atoms with Crippen LogP contribution >= 0.6 is 0 Å². The van der Waals surface area contributed by atoms with E-state index in [0.29, 0.717) is 25.9 Å². The van der Waals surface area contributed by atoms with Crippen molar-refractivity contribution in [3.05, 3.63) is 24.3 Å². The molecular weight excluding hydrogens is 839 g/mol. The van der Waals surface area contributed by atoms with Crippen molar-refractivity contribution in [2.24, 2.45) is 0 Å². The van der Waals surface area contributed by atoms with Crippen LogP contribution in [0.25, 0.3) is 0 Å². The van der Waals surface area contributed by atoms with Crippen LogP contribution in [-0.4, -0.2) is 47.4 Å². The molecule has 0 heterocycles. The van der Waals surface area contributed by atoms with Crippen molar-refractivity contribution in [1.29, 1.82) is 0 Å². The molecule has 1 amide bonds. The summed E-state index contributed by atoms with van der Waals surface area (Å²) < 4.78 is 5.49. The van der Waals surface area contributed by atoms with Crippen LogP contribution < -0.4 is 5.32 Å². The lowest BCUT2D eigenvalue weighted by atomic mass is 10.0. The average Bonchev–Trinajstić information content (AvgIpc) is 3.34. The highest BCUT2D eigenvalue weighted by molar-refractivity contribution is 5.76. The van der Waals surface area contributed by atoms with E-state index in [9.17, 15) is 19.8 Å². The van der Waals surface area contributed by atoms with Gasteiger partial charge in [-0.25, -0.2) is 0 Å². The van der Waals surface area contributed by atoms with E-state index in [2.05, 4.69) is 43.5 Å². The van der Waals surface area contributed by atoms with E-state index in [-0.39, 0.29) is 18.5 Å². The summed E-state index contributed by atoms with van der Waals surface area (Å²) >= 11 is 0. The van der Waals surface area contributed by atoms with Crippen molar-refractivity contribution in [3.8, 4) is 0 Å². The Morgan fingerprint density at radius 1 is 0.412 bits per heavy atom. The summed E-state index contributed by atoms with van der Waals surface area (Å²) in [6.07, 6.45) is 70.4. The van der Waals surface area contributed by atoms with E-state index in [1.807, 2.05) is 0 Å². The number of hydrogen-bond acceptors (Lipinski definition) is 5. The molecule has 3 N–H and O–H groups in total. The Morgan fingerprint density at radius 2 is 0.735 bits per heavy atom. The smallest absolute Gasteiger partial charge is 0.305 e. The van der Waals surface area contributed by atoms with Gasteiger partial charge in [-0.1, -0.05) is 289 Å². The van der Waals surface area contributed by atoms with E-state index in [1.54, 1.807) is 0 Å². The number of amides is 1. The lowest BCUT2D eigenvalue weighted by Gasteiger charge is -2.22. The van der Waals surface area contributed by atoms with Gasteiger partial charge in [-0.05, 0) is 57.8 Å². The summed E-state index contributed by atoms with van der Waals surface area (Å²) in [5.74, 6) is -0.0289. The predicted molar refractivity (Wildman–Crippen MR) is 296 cm³/mol. The zero-order chi connectivity index (χ0) is 49.3. The highest BCUT2D eigenvalue weighted by Crippen LogP contribution is 2.18. The highest BCUT2D eigenvalue weighted by Gasteiger charge is 2.20. The molecule has 0 aromatic heterocycles. The number of nitrogens with one attached hydrogen (secondary N) is 1. The van der Waals surface area contributed by atoms with Crippen molar-refractivity contribution in [2.75, 3.05) is 13.2 Å². The molecule has 6 heteroatoms. The van der Waals surface area contributed by atoms with Crippen LogP contribution in [0.2, 0.25) is 0 Å². The first kappa shape index (κ1) is 66.3. The topological polar surface area (TPSA) is 95.9 Å². The van der Waals surface area contributed by atoms with E-state index >= 15 is 0 Å². The Bertz CT molecular complexity index is 1060. The molecular formula is C62H119NO5. The van der Waals surface area contributed by atoms with Crippen LogP contribution in [0, 0.1) is 0 Å². The maximum Gasteiger partial charge on any atom is 0.305 e. The normalized spacial score (nSPS) is 12.7. The number of aliphatic hydroxyl groups excluding tert-OH is 2. The fourth-order valence-corrected chi connectivity index (χ4v) is 9.55. The molecule has 0 fully saturated rings. The average molecular weight is 959 g/mol. The van der Waals surface area contributed by atoms with Crippen LogP contribution in [0.15, 0.2) is 24.3 Å². The molecule has 0 aliphatic heterocycles. The monoisotopic (exact) mass is 958 g/mol. The van der Waals surface area contributed by atoms with Gasteiger partial charge >= 0.3 is 5.97 Å². The number of ether oxygens (including phenoxy) is 1. The molecule has 0 aliphatic rings. The summed E-state index contributed by atoms with van der Waals surface area (Å²) in [6.45, 7) is 4.93. The van der Waals surface area contributed by atoms with Gasteiger partial charge in [0.2, 0.25) is 5.91 Å². The maximum absolute atomic E-state index is 12.5. The summed E-state index contributed by atoms with van der Waals surface area (Å²) in [5.41, 5.74) is 0. The van der Waals surface area contributed by atoms with Crippen LogP contribution in [0.3, 0.4) is 0 Å². The molecule has 0 aromatic rings. The quantitative estimate of drug-likeness (QED) is 0.0321. The molecule has 0 aliphatic carbocycles. The van der Waals surface area contributed by atoms with Crippen LogP contribution in [0.5, 0.6) is 0 Å². The zero-order valence-electron chi connectivity index (χ0n) is 45.9. The molecule has 2 unspecified atom stereocenters. The van der Waals surface area contributed by atoms with Gasteiger partial charge in [0.15, 0.2) is 0 Å². The fraction of sp³-hybridized carbons (Fsp3) is 0.903. The van der Waals surface area contributed by atoms with E-state index < -0.39 is 12.1 Å². The number of aliphatic hydroxyl groups is 2. The molecule has 0 radical (unpaired) electrons. The zero-order valence-corrected chi connectivity index (χ0v) is 45.9. The van der Waals surface area contributed by atoms with Gasteiger partial charge in [-0.3, -0.25) is 9.59 Å². The molecule has 0 saturated heterocycles. The number of rotatable bonds is 57. The Labute approximate surface area is 424 Å². The molecule has 0 rings (SSSR count). The number of carbonyl (C=O) groups is 2. The molecule has 6 nitrogen and oxygen atoms in total. The van der Waals surface area contributed by atoms with Gasteiger partial charge in [0.05, 0.1) is 25.4 Å². The van der Waals surface area contributed by atoms with Crippen LogP contribution in [0.4, 0.5) is 0 Å². The van der Waals surface area contributed by atoms with Crippen LogP contribution in [0.1, 0.15) is 335 Å². The Balaban J connectivity index is 3.36. The van der Waals surface area contributed by atoms with Gasteiger partial charge in [-0.2, -0.15) is 0 Å². The van der Waals surface area contributed by atoms with Gasteiger partial charge in [0.1, 0.15) is 0 Å². The van der Waals surface area contributed by atoms with Crippen molar-refractivity contribution >= 4 is 11.9 Å². The minimum Gasteiger partial charge on any atom is -0.466 e. The third-order valence-corrected chi connectivity index (χ3v) is 14.3. The minimum atomic E-state index is -0.663. The standard InChI is InChI=1S/C62H119NO5/c1-3-5-7-9-11-13-15-17-18-25-29-32-36-40-44-48-52-56-62(67)68-57-53-49-45-41-37-33-30-27-24-22-20-19-21-23-26-28-31-35-39-43-47-51-55-61(66)63-59(58-64)60(65)54-50-46-42-38-34-16-14-12-10-8-6-4-2/h11,13,17-18,59-60,64-65H,3-10,12,14-16,19-58H2,1-2H3,(H,63,66)/b13-11-,18-17-. The first-order valence-electron chi connectivity index (χ1n) is 30.6. The summed E-state index contributed by atoms with van der Waals surface area (Å²) in [4.78, 5) is 24.5. The number of hydrogen-bond donors (Lipinski definition) is 3. The summed E-state index contributed by atoms with van der Waals surface area (Å²) in [6, 6.07) is -0.540. The number of esters is 1. The SMILES string of the molecule is CCCCC/C=C\C/C=C\CCCCCCCCCC(=O)OCCCCCCCCCCCCCCCCCCCCCCCCC(=O)NC(CO)C(O)CCCCCCCCCCCCCC. The second-order valence-corrected chi connectivity index (χ2v) is 21.0. The largest absolute Gasteiger partial charge is 0.466 e. The van der Waals surface area contributed by atoms with E-state index in [1.165, 1.54) is 250 Å².